The molecule has 1 aromatic heterocycles. The molecule has 1 atom stereocenters. The third-order valence-corrected chi connectivity index (χ3v) is 4.30. The van der Waals surface area contributed by atoms with E-state index in [1.54, 1.807) is 37.4 Å². The van der Waals surface area contributed by atoms with Crippen LogP contribution in [0.5, 0.6) is 0 Å². The van der Waals surface area contributed by atoms with E-state index in [9.17, 15) is 14.9 Å². The molecule has 0 fully saturated rings. The molecule has 0 saturated carbocycles. The lowest BCUT2D eigenvalue weighted by atomic mass is 10.2. The Kier molecular flexibility index (Phi) is 4.74. The Bertz CT molecular complexity index is 690. The van der Waals surface area contributed by atoms with E-state index in [4.69, 9.17) is 0 Å². The largest absolute Gasteiger partial charge is 0.469 e. The molecule has 7 heteroatoms. The van der Waals surface area contributed by atoms with E-state index in [-0.39, 0.29) is 17.6 Å². The third kappa shape index (κ3) is 3.30. The van der Waals surface area contributed by atoms with Crippen molar-refractivity contribution in [3.05, 3.63) is 40.6 Å². The van der Waals surface area contributed by atoms with Gasteiger partial charge in [-0.3, -0.25) is 19.9 Å². The van der Waals surface area contributed by atoms with Gasteiger partial charge in [-0.25, -0.2) is 0 Å². The Morgan fingerprint density at radius 3 is 2.90 bits per heavy atom. The average molecular weight is 306 g/mol. The van der Waals surface area contributed by atoms with Crippen molar-refractivity contribution in [3.63, 3.8) is 0 Å². The smallest absolute Gasteiger partial charge is 0.309 e. The van der Waals surface area contributed by atoms with E-state index in [0.29, 0.717) is 21.6 Å². The number of esters is 1. The summed E-state index contributed by atoms with van der Waals surface area (Å²) in [7, 11) is 1.33. The fraction of sp³-hybridized carbons (Fsp3) is 0.286. The number of benzene rings is 1. The number of hydrogen-bond acceptors (Lipinski definition) is 6. The number of carbonyl (C=O) groups is 1. The molecule has 2 aromatic rings. The van der Waals surface area contributed by atoms with Crippen LogP contribution in [0.25, 0.3) is 10.9 Å². The first-order valence-electron chi connectivity index (χ1n) is 6.27. The molecule has 0 radical (unpaired) electrons. The summed E-state index contributed by atoms with van der Waals surface area (Å²) in [6, 6.07) is 6.75. The van der Waals surface area contributed by atoms with Crippen molar-refractivity contribution in [2.24, 2.45) is 5.92 Å². The van der Waals surface area contributed by atoms with Crippen LogP contribution in [-0.4, -0.2) is 28.7 Å². The van der Waals surface area contributed by atoms with Gasteiger partial charge in [0.15, 0.2) is 0 Å². The highest BCUT2D eigenvalue weighted by Gasteiger charge is 2.21. The second-order valence-corrected chi connectivity index (χ2v) is 5.54. The van der Waals surface area contributed by atoms with Crippen LogP contribution in [0, 0.1) is 16.0 Å². The summed E-state index contributed by atoms with van der Waals surface area (Å²) in [5, 5.41) is 11.8. The van der Waals surface area contributed by atoms with E-state index in [0.717, 1.165) is 0 Å². The third-order valence-electron chi connectivity index (χ3n) is 2.99. The number of nitrogens with zero attached hydrogens (tertiary/aromatic N) is 2. The maximum atomic E-state index is 11.4. The first kappa shape index (κ1) is 15.2. The van der Waals surface area contributed by atoms with Gasteiger partial charge in [0.05, 0.1) is 33.7 Å². The topological polar surface area (TPSA) is 82.3 Å². The quantitative estimate of drug-likeness (QED) is 0.365. The van der Waals surface area contributed by atoms with E-state index < -0.39 is 4.92 Å². The molecular weight excluding hydrogens is 292 g/mol. The summed E-state index contributed by atoms with van der Waals surface area (Å²) in [5.41, 5.74) is 0.609. The van der Waals surface area contributed by atoms with Crippen LogP contribution in [0.1, 0.15) is 6.92 Å². The number of carbonyl (C=O) groups excluding carboxylic acids is 1. The van der Waals surface area contributed by atoms with Gasteiger partial charge in [-0.1, -0.05) is 6.92 Å². The molecule has 110 valence electrons. The van der Waals surface area contributed by atoms with Gasteiger partial charge >= 0.3 is 5.97 Å². The lowest BCUT2D eigenvalue weighted by Crippen LogP contribution is -2.14. The summed E-state index contributed by atoms with van der Waals surface area (Å²) in [4.78, 5) is 27.0. The molecule has 0 saturated heterocycles. The molecule has 0 amide bonds. The van der Waals surface area contributed by atoms with Gasteiger partial charge in [0.2, 0.25) is 0 Å². The zero-order valence-electron chi connectivity index (χ0n) is 11.6. The van der Waals surface area contributed by atoms with Crippen molar-refractivity contribution < 1.29 is 14.5 Å². The van der Waals surface area contributed by atoms with Crippen LogP contribution >= 0.6 is 11.8 Å². The molecule has 6 nitrogen and oxygen atoms in total. The minimum atomic E-state index is -0.408. The minimum Gasteiger partial charge on any atom is -0.469 e. The van der Waals surface area contributed by atoms with Gasteiger partial charge in [0.25, 0.3) is 5.69 Å². The van der Waals surface area contributed by atoms with Gasteiger partial charge in [-0.2, -0.15) is 0 Å². The molecule has 0 aliphatic rings. The Balaban J connectivity index is 2.33. The first-order valence-corrected chi connectivity index (χ1v) is 7.26. The van der Waals surface area contributed by atoms with Crippen LogP contribution in [0.4, 0.5) is 5.69 Å². The molecule has 0 aliphatic heterocycles. The van der Waals surface area contributed by atoms with Crippen molar-refractivity contribution in [2.75, 3.05) is 12.9 Å². The van der Waals surface area contributed by atoms with Crippen molar-refractivity contribution >= 4 is 34.3 Å². The van der Waals surface area contributed by atoms with Crippen LogP contribution < -0.4 is 0 Å². The van der Waals surface area contributed by atoms with E-state index in [1.807, 2.05) is 0 Å². The first-order chi connectivity index (χ1) is 10.0. The van der Waals surface area contributed by atoms with Crippen molar-refractivity contribution in [3.8, 4) is 0 Å². The predicted octanol–water partition coefficient (Wildman–Crippen LogP) is 3.04. The zero-order chi connectivity index (χ0) is 15.4. The molecule has 1 unspecified atom stereocenters. The lowest BCUT2D eigenvalue weighted by molar-refractivity contribution is -0.385. The second-order valence-electron chi connectivity index (χ2n) is 4.47. The molecule has 2 rings (SSSR count). The molecule has 0 N–H and O–H groups in total. The molecule has 1 heterocycles. The minimum absolute atomic E-state index is 0.0302. The summed E-state index contributed by atoms with van der Waals surface area (Å²) >= 11 is 1.27. The van der Waals surface area contributed by atoms with Crippen molar-refractivity contribution in [1.29, 1.82) is 0 Å². The molecular formula is C14H14N2O4S. The Hall–Kier alpha value is -2.15. The van der Waals surface area contributed by atoms with E-state index in [2.05, 4.69) is 9.72 Å². The van der Waals surface area contributed by atoms with Crippen molar-refractivity contribution in [2.45, 2.75) is 11.8 Å². The number of thioether (sulfide) groups is 1. The van der Waals surface area contributed by atoms with Gasteiger partial charge in [0.1, 0.15) is 0 Å². The fourth-order valence-corrected chi connectivity index (χ4v) is 2.96. The SMILES string of the molecule is COC(=O)C(C)CSc1ccc2ncccc2c1[N+](=O)[O-]. The van der Waals surface area contributed by atoms with Gasteiger partial charge < -0.3 is 4.74 Å². The number of nitro benzene ring substituents is 1. The van der Waals surface area contributed by atoms with Gasteiger partial charge in [-0.05, 0) is 24.3 Å². The number of aromatic nitrogens is 1. The van der Waals surface area contributed by atoms with Gasteiger partial charge in [-0.15, -0.1) is 11.8 Å². The Morgan fingerprint density at radius 2 is 2.24 bits per heavy atom. The van der Waals surface area contributed by atoms with Crippen LogP contribution in [-0.2, 0) is 9.53 Å². The number of ether oxygens (including phenoxy) is 1. The standard InChI is InChI=1S/C14H14N2O4S/c1-9(14(17)20-2)8-21-12-6-5-11-10(4-3-7-15-11)13(12)16(18)19/h3-7,9H,8H2,1-2H3. The number of nitro groups is 1. The summed E-state index contributed by atoms with van der Waals surface area (Å²) < 4.78 is 4.65. The molecule has 0 spiro atoms. The molecule has 1 aromatic carbocycles. The highest BCUT2D eigenvalue weighted by molar-refractivity contribution is 7.99. The lowest BCUT2D eigenvalue weighted by Gasteiger charge is -2.09. The van der Waals surface area contributed by atoms with Crippen molar-refractivity contribution in [1.82, 2.24) is 4.98 Å². The summed E-state index contributed by atoms with van der Waals surface area (Å²) in [5.74, 6) is -0.240. The Morgan fingerprint density at radius 1 is 1.48 bits per heavy atom. The number of fused-ring (bicyclic) bond motifs is 1. The number of rotatable bonds is 5. The fourth-order valence-electron chi connectivity index (χ4n) is 1.91. The highest BCUT2D eigenvalue weighted by atomic mass is 32.2. The maximum absolute atomic E-state index is 11.4. The number of hydrogen-bond donors (Lipinski definition) is 0. The maximum Gasteiger partial charge on any atom is 0.309 e. The van der Waals surface area contributed by atoms with E-state index >= 15 is 0 Å². The monoisotopic (exact) mass is 306 g/mol. The van der Waals surface area contributed by atoms with E-state index in [1.165, 1.54) is 18.9 Å². The predicted molar refractivity (Wildman–Crippen MR) is 80.3 cm³/mol. The Labute approximate surface area is 125 Å². The molecule has 21 heavy (non-hydrogen) atoms. The molecule has 0 bridgehead atoms. The second kappa shape index (κ2) is 6.53. The highest BCUT2D eigenvalue weighted by Crippen LogP contribution is 2.36. The average Bonchev–Trinajstić information content (AvgIpc) is 2.50. The number of pyridine rings is 1. The summed E-state index contributed by atoms with van der Waals surface area (Å²) in [6.07, 6.45) is 1.60. The van der Waals surface area contributed by atoms with Crippen LogP contribution in [0.3, 0.4) is 0 Å². The zero-order valence-corrected chi connectivity index (χ0v) is 12.4. The van der Waals surface area contributed by atoms with Crippen LogP contribution in [0.2, 0.25) is 0 Å². The number of methoxy groups -OCH3 is 1. The molecule has 0 aliphatic carbocycles. The van der Waals surface area contributed by atoms with Crippen LogP contribution in [0.15, 0.2) is 35.4 Å². The summed E-state index contributed by atoms with van der Waals surface area (Å²) in [6.45, 7) is 1.73. The van der Waals surface area contributed by atoms with Gasteiger partial charge in [0, 0.05) is 11.9 Å². The normalized spacial score (nSPS) is 12.1.